The Bertz CT molecular complexity index is 1450. The highest BCUT2D eigenvalue weighted by atomic mass is 32.2. The number of anilines is 1. The fraction of sp³-hybridized carbons (Fsp3) is 0.310. The molecule has 2 amide bonds. The summed E-state index contributed by atoms with van der Waals surface area (Å²) in [6.45, 7) is 8.44. The molecular formula is C29H34N4O6S. The molecule has 40 heavy (non-hydrogen) atoms. The normalized spacial score (nSPS) is 12.3. The van der Waals surface area contributed by atoms with Crippen LogP contribution < -0.4 is 9.62 Å². The van der Waals surface area contributed by atoms with Gasteiger partial charge in [-0.3, -0.25) is 24.0 Å². The Kier molecular flexibility index (Phi) is 9.31. The lowest BCUT2D eigenvalue weighted by molar-refractivity contribution is -0.384. The molecule has 3 aromatic carbocycles. The molecule has 1 N–H and O–H groups in total. The van der Waals surface area contributed by atoms with E-state index in [0.717, 1.165) is 15.4 Å². The van der Waals surface area contributed by atoms with Crippen molar-refractivity contribution in [2.24, 2.45) is 0 Å². The van der Waals surface area contributed by atoms with Gasteiger partial charge in [-0.2, -0.15) is 0 Å². The highest BCUT2D eigenvalue weighted by Crippen LogP contribution is 2.26. The number of carbonyl (C=O) groups is 2. The molecule has 0 unspecified atom stereocenters. The van der Waals surface area contributed by atoms with Crippen molar-refractivity contribution in [1.29, 1.82) is 0 Å². The molecule has 0 bridgehead atoms. The lowest BCUT2D eigenvalue weighted by Gasteiger charge is -2.33. The first-order chi connectivity index (χ1) is 18.7. The van der Waals surface area contributed by atoms with Crippen LogP contribution in [0.15, 0.2) is 83.8 Å². The number of aryl methyl sites for hydroxylation is 1. The zero-order chi connectivity index (χ0) is 29.7. The third-order valence-electron chi connectivity index (χ3n) is 6.10. The molecule has 3 aromatic rings. The van der Waals surface area contributed by atoms with Crippen molar-refractivity contribution in [2.45, 2.75) is 57.6 Å². The summed E-state index contributed by atoms with van der Waals surface area (Å²) in [5, 5.41) is 14.1. The Hall–Kier alpha value is -4.25. The van der Waals surface area contributed by atoms with Gasteiger partial charge in [0, 0.05) is 24.2 Å². The summed E-state index contributed by atoms with van der Waals surface area (Å²) in [6.07, 6.45) is 0. The summed E-state index contributed by atoms with van der Waals surface area (Å²) < 4.78 is 28.4. The van der Waals surface area contributed by atoms with Gasteiger partial charge in [0.15, 0.2) is 0 Å². The number of nitrogens with zero attached hydrogens (tertiary/aromatic N) is 3. The van der Waals surface area contributed by atoms with E-state index in [4.69, 9.17) is 0 Å². The smallest absolute Gasteiger partial charge is 0.269 e. The second-order valence-electron chi connectivity index (χ2n) is 10.5. The van der Waals surface area contributed by atoms with Crippen molar-refractivity contribution in [3.05, 3.63) is 100 Å². The highest BCUT2D eigenvalue weighted by molar-refractivity contribution is 7.92. The molecule has 10 nitrogen and oxygen atoms in total. The second kappa shape index (κ2) is 12.3. The zero-order valence-corrected chi connectivity index (χ0v) is 24.0. The molecule has 0 radical (unpaired) electrons. The van der Waals surface area contributed by atoms with Crippen LogP contribution in [0.5, 0.6) is 0 Å². The molecule has 0 heterocycles. The Morgan fingerprint density at radius 2 is 1.52 bits per heavy atom. The number of carbonyl (C=O) groups excluding carboxylic acids is 2. The van der Waals surface area contributed by atoms with Crippen molar-refractivity contribution in [3.63, 3.8) is 0 Å². The number of benzene rings is 3. The quantitative estimate of drug-likeness (QED) is 0.285. The molecule has 0 spiro atoms. The largest absolute Gasteiger partial charge is 0.350 e. The molecule has 3 rings (SSSR count). The molecule has 1 atom stereocenters. The number of sulfonamides is 1. The van der Waals surface area contributed by atoms with Crippen LogP contribution in [0.4, 0.5) is 11.4 Å². The molecule has 0 fully saturated rings. The van der Waals surface area contributed by atoms with E-state index in [1.807, 2.05) is 52.0 Å². The van der Waals surface area contributed by atoms with Gasteiger partial charge in [-0.25, -0.2) is 8.42 Å². The first-order valence-electron chi connectivity index (χ1n) is 12.7. The van der Waals surface area contributed by atoms with E-state index in [2.05, 4.69) is 5.32 Å². The van der Waals surface area contributed by atoms with Crippen molar-refractivity contribution in [2.75, 3.05) is 10.8 Å². The molecule has 11 heteroatoms. The monoisotopic (exact) mass is 566 g/mol. The molecule has 0 aromatic heterocycles. The Morgan fingerprint density at radius 3 is 2.05 bits per heavy atom. The predicted octanol–water partition coefficient (Wildman–Crippen LogP) is 4.43. The van der Waals surface area contributed by atoms with Crippen molar-refractivity contribution in [3.8, 4) is 0 Å². The summed E-state index contributed by atoms with van der Waals surface area (Å²) in [5.41, 5.74) is 1.09. The number of amides is 2. The van der Waals surface area contributed by atoms with Gasteiger partial charge in [0.1, 0.15) is 12.6 Å². The van der Waals surface area contributed by atoms with Gasteiger partial charge in [0.05, 0.1) is 15.5 Å². The number of hydrogen-bond acceptors (Lipinski definition) is 6. The third-order valence-corrected chi connectivity index (χ3v) is 7.89. The van der Waals surface area contributed by atoms with Gasteiger partial charge in [-0.05, 0) is 64.4 Å². The standard InChI is InChI=1S/C29H34N4O6S/c1-21-11-13-23(14-12-21)19-31(22(2)28(35)30-29(3,4)5)27(34)20-32(24-15-17-25(18-16-24)33(36)37)40(38,39)26-9-7-6-8-10-26/h6-18,22H,19-20H2,1-5H3,(H,30,35)/t22-/m1/s1. The van der Waals surface area contributed by atoms with Crippen molar-refractivity contribution < 1.29 is 22.9 Å². The van der Waals surface area contributed by atoms with E-state index in [-0.39, 0.29) is 28.7 Å². The summed E-state index contributed by atoms with van der Waals surface area (Å²) in [5.74, 6) is -1.00. The number of nitrogens with one attached hydrogen (secondary N) is 1. The van der Waals surface area contributed by atoms with Crippen molar-refractivity contribution >= 4 is 33.2 Å². The van der Waals surface area contributed by atoms with Crippen LogP contribution in [-0.4, -0.2) is 48.2 Å². The first kappa shape index (κ1) is 30.3. The topological polar surface area (TPSA) is 130 Å². The highest BCUT2D eigenvalue weighted by Gasteiger charge is 2.33. The minimum atomic E-state index is -4.25. The van der Waals surface area contributed by atoms with E-state index < -0.39 is 39.0 Å². The Balaban J connectivity index is 2.04. The molecule has 212 valence electrons. The van der Waals surface area contributed by atoms with Gasteiger partial charge in [-0.15, -0.1) is 0 Å². The SMILES string of the molecule is Cc1ccc(CN(C(=O)CN(c2ccc([N+](=O)[O-])cc2)S(=O)(=O)c2ccccc2)[C@H](C)C(=O)NC(C)(C)C)cc1. The van der Waals surface area contributed by atoms with E-state index >= 15 is 0 Å². The number of rotatable bonds is 10. The maximum atomic E-state index is 13.9. The maximum Gasteiger partial charge on any atom is 0.269 e. The molecule has 0 aliphatic rings. The predicted molar refractivity (Wildman–Crippen MR) is 153 cm³/mol. The molecular weight excluding hydrogens is 532 g/mol. The van der Waals surface area contributed by atoms with Crippen LogP contribution in [0.1, 0.15) is 38.8 Å². The Labute approximate surface area is 234 Å². The summed E-state index contributed by atoms with van der Waals surface area (Å²) >= 11 is 0. The van der Waals surface area contributed by atoms with E-state index in [1.165, 1.54) is 41.3 Å². The van der Waals surface area contributed by atoms with Crippen LogP contribution in [0.2, 0.25) is 0 Å². The lowest BCUT2D eigenvalue weighted by atomic mass is 10.1. The fourth-order valence-corrected chi connectivity index (χ4v) is 5.37. The van der Waals surface area contributed by atoms with Crippen LogP contribution in [0.25, 0.3) is 0 Å². The number of nitro groups is 1. The molecule has 0 aliphatic heterocycles. The van der Waals surface area contributed by atoms with E-state index in [1.54, 1.807) is 25.1 Å². The Morgan fingerprint density at radius 1 is 0.950 bits per heavy atom. The van der Waals surface area contributed by atoms with Crippen molar-refractivity contribution in [1.82, 2.24) is 10.2 Å². The maximum absolute atomic E-state index is 13.9. The van der Waals surface area contributed by atoms with Crippen LogP contribution in [0, 0.1) is 17.0 Å². The zero-order valence-electron chi connectivity index (χ0n) is 23.2. The van der Waals surface area contributed by atoms with Gasteiger partial charge >= 0.3 is 0 Å². The third kappa shape index (κ3) is 7.66. The van der Waals surface area contributed by atoms with Gasteiger partial charge < -0.3 is 10.2 Å². The van der Waals surface area contributed by atoms with Gasteiger partial charge in [0.25, 0.3) is 15.7 Å². The van der Waals surface area contributed by atoms with Gasteiger partial charge in [0.2, 0.25) is 11.8 Å². The van der Waals surface area contributed by atoms with Crippen LogP contribution in [0.3, 0.4) is 0 Å². The average molecular weight is 567 g/mol. The van der Waals surface area contributed by atoms with Crippen LogP contribution in [-0.2, 0) is 26.2 Å². The first-order valence-corrected chi connectivity index (χ1v) is 14.1. The summed E-state index contributed by atoms with van der Waals surface area (Å²) in [4.78, 5) is 38.9. The molecule has 0 aliphatic carbocycles. The van der Waals surface area contributed by atoms with Gasteiger partial charge in [-0.1, -0.05) is 48.0 Å². The summed E-state index contributed by atoms with van der Waals surface area (Å²) in [7, 11) is -4.25. The number of nitro benzene ring substituents is 1. The summed E-state index contributed by atoms with van der Waals surface area (Å²) in [6, 6.07) is 19.1. The van der Waals surface area contributed by atoms with E-state index in [9.17, 15) is 28.1 Å². The lowest BCUT2D eigenvalue weighted by Crippen LogP contribution is -2.54. The minimum absolute atomic E-state index is 0.0511. The number of non-ortho nitro benzene ring substituents is 1. The molecule has 0 saturated carbocycles. The average Bonchev–Trinajstić information content (AvgIpc) is 2.90. The minimum Gasteiger partial charge on any atom is -0.350 e. The number of hydrogen-bond donors (Lipinski definition) is 1. The van der Waals surface area contributed by atoms with E-state index in [0.29, 0.717) is 0 Å². The van der Waals surface area contributed by atoms with Crippen LogP contribution >= 0.6 is 0 Å². The second-order valence-corrected chi connectivity index (χ2v) is 12.4. The fourth-order valence-electron chi connectivity index (χ4n) is 3.94. The molecule has 0 saturated heterocycles.